The maximum absolute atomic E-state index is 12.3. The van der Waals surface area contributed by atoms with Crippen LogP contribution in [0.1, 0.15) is 41.3 Å². The Morgan fingerprint density at radius 1 is 0.812 bits per heavy atom. The molecule has 0 spiro atoms. The van der Waals surface area contributed by atoms with Gasteiger partial charge in [-0.05, 0) is 66.8 Å². The van der Waals surface area contributed by atoms with Crippen molar-refractivity contribution in [2.45, 2.75) is 32.6 Å². The highest BCUT2D eigenvalue weighted by Gasteiger charge is 2.07. The third-order valence-corrected chi connectivity index (χ3v) is 5.09. The summed E-state index contributed by atoms with van der Waals surface area (Å²) in [5, 5.41) is 5.75. The lowest BCUT2D eigenvalue weighted by Crippen LogP contribution is -2.25. The molecule has 2 amide bonds. The minimum absolute atomic E-state index is 0.0970. The zero-order chi connectivity index (χ0) is 22.6. The minimum atomic E-state index is -0.228. The Hall–Kier alpha value is -3.60. The molecule has 0 atom stereocenters. The molecule has 0 heterocycles. The number of anilines is 1. The Balaban J connectivity index is 1.40. The van der Waals surface area contributed by atoms with E-state index in [4.69, 9.17) is 4.74 Å². The van der Waals surface area contributed by atoms with Gasteiger partial charge in [-0.15, -0.1) is 0 Å². The van der Waals surface area contributed by atoms with Gasteiger partial charge >= 0.3 is 0 Å². The smallest absolute Gasteiger partial charge is 0.262 e. The summed E-state index contributed by atoms with van der Waals surface area (Å²) in [5.41, 5.74) is 3.76. The monoisotopic (exact) mass is 430 g/mol. The van der Waals surface area contributed by atoms with Crippen LogP contribution in [0.2, 0.25) is 0 Å². The fourth-order valence-corrected chi connectivity index (χ4v) is 3.25. The Morgan fingerprint density at radius 3 is 2.19 bits per heavy atom. The standard InChI is InChI=1S/C27H30N2O3/c1-2-3-7-22-10-14-24(15-11-22)29-26(30)20-32-25-16-12-23(13-17-25)27(31)28-19-18-21-8-5-4-6-9-21/h4-6,8-17H,2-3,7,18-20H2,1H3,(H,28,31)(H,29,30). The third kappa shape index (κ3) is 7.58. The van der Waals surface area contributed by atoms with Crippen LogP contribution in [-0.2, 0) is 17.6 Å². The SMILES string of the molecule is CCCCc1ccc(NC(=O)COc2ccc(C(=O)NCCc3ccccc3)cc2)cc1. The summed E-state index contributed by atoms with van der Waals surface area (Å²) < 4.78 is 5.55. The molecule has 5 nitrogen and oxygen atoms in total. The van der Waals surface area contributed by atoms with E-state index in [2.05, 4.69) is 17.6 Å². The number of hydrogen-bond donors (Lipinski definition) is 2. The van der Waals surface area contributed by atoms with E-state index in [1.807, 2.05) is 54.6 Å². The van der Waals surface area contributed by atoms with E-state index in [1.54, 1.807) is 24.3 Å². The number of nitrogens with one attached hydrogen (secondary N) is 2. The lowest BCUT2D eigenvalue weighted by molar-refractivity contribution is -0.118. The number of carbonyl (C=O) groups is 2. The fourth-order valence-electron chi connectivity index (χ4n) is 3.25. The lowest BCUT2D eigenvalue weighted by atomic mass is 10.1. The van der Waals surface area contributed by atoms with Crippen LogP contribution in [0.4, 0.5) is 5.69 Å². The zero-order valence-electron chi connectivity index (χ0n) is 18.5. The van der Waals surface area contributed by atoms with E-state index >= 15 is 0 Å². The van der Waals surface area contributed by atoms with Crippen molar-refractivity contribution < 1.29 is 14.3 Å². The van der Waals surface area contributed by atoms with Crippen LogP contribution in [0.3, 0.4) is 0 Å². The number of aryl methyl sites for hydroxylation is 1. The maximum Gasteiger partial charge on any atom is 0.262 e. The predicted octanol–water partition coefficient (Wildman–Crippen LogP) is 5.02. The number of amides is 2. The largest absolute Gasteiger partial charge is 0.484 e. The molecule has 166 valence electrons. The first-order chi connectivity index (χ1) is 15.6. The fraction of sp³-hybridized carbons (Fsp3) is 0.259. The van der Waals surface area contributed by atoms with Crippen molar-refractivity contribution in [2.24, 2.45) is 0 Å². The van der Waals surface area contributed by atoms with Crippen molar-refractivity contribution >= 4 is 17.5 Å². The first-order valence-electron chi connectivity index (χ1n) is 11.1. The predicted molar refractivity (Wildman–Crippen MR) is 128 cm³/mol. The van der Waals surface area contributed by atoms with Gasteiger partial charge in [0.25, 0.3) is 11.8 Å². The molecular formula is C27H30N2O3. The summed E-state index contributed by atoms with van der Waals surface area (Å²) in [5.74, 6) is 0.178. The van der Waals surface area contributed by atoms with E-state index in [0.717, 1.165) is 31.4 Å². The highest BCUT2D eigenvalue weighted by atomic mass is 16.5. The molecule has 3 rings (SSSR count). The molecular weight excluding hydrogens is 400 g/mol. The van der Waals surface area contributed by atoms with Gasteiger partial charge in [0.1, 0.15) is 5.75 Å². The molecule has 0 aliphatic heterocycles. The summed E-state index contributed by atoms with van der Waals surface area (Å²) in [6, 6.07) is 24.7. The van der Waals surface area contributed by atoms with Crippen LogP contribution >= 0.6 is 0 Å². The van der Waals surface area contributed by atoms with Gasteiger partial charge < -0.3 is 15.4 Å². The van der Waals surface area contributed by atoms with Gasteiger partial charge in [0.05, 0.1) is 0 Å². The van der Waals surface area contributed by atoms with E-state index in [-0.39, 0.29) is 18.4 Å². The molecule has 0 aliphatic rings. The van der Waals surface area contributed by atoms with E-state index < -0.39 is 0 Å². The number of rotatable bonds is 11. The highest BCUT2D eigenvalue weighted by Crippen LogP contribution is 2.14. The Morgan fingerprint density at radius 2 is 1.50 bits per heavy atom. The average molecular weight is 431 g/mol. The number of benzene rings is 3. The van der Waals surface area contributed by atoms with Crippen molar-refractivity contribution in [1.29, 1.82) is 0 Å². The molecule has 32 heavy (non-hydrogen) atoms. The van der Waals surface area contributed by atoms with Gasteiger partial charge in [-0.25, -0.2) is 0 Å². The van der Waals surface area contributed by atoms with Crippen LogP contribution < -0.4 is 15.4 Å². The van der Waals surface area contributed by atoms with Gasteiger partial charge in [-0.1, -0.05) is 55.8 Å². The number of carbonyl (C=O) groups excluding carboxylic acids is 2. The zero-order valence-corrected chi connectivity index (χ0v) is 18.5. The second-order valence-corrected chi connectivity index (χ2v) is 7.65. The minimum Gasteiger partial charge on any atom is -0.484 e. The quantitative estimate of drug-likeness (QED) is 0.449. The van der Waals surface area contributed by atoms with Crippen molar-refractivity contribution in [2.75, 3.05) is 18.5 Å². The van der Waals surface area contributed by atoms with Crippen molar-refractivity contribution in [1.82, 2.24) is 5.32 Å². The topological polar surface area (TPSA) is 67.4 Å². The molecule has 0 unspecified atom stereocenters. The lowest BCUT2D eigenvalue weighted by Gasteiger charge is -2.09. The first-order valence-corrected chi connectivity index (χ1v) is 11.1. The van der Waals surface area contributed by atoms with Gasteiger partial charge in [-0.3, -0.25) is 9.59 Å². The van der Waals surface area contributed by atoms with Gasteiger partial charge in [0, 0.05) is 17.8 Å². The van der Waals surface area contributed by atoms with Crippen molar-refractivity contribution in [3.05, 3.63) is 95.6 Å². The maximum atomic E-state index is 12.3. The molecule has 0 bridgehead atoms. The van der Waals surface area contributed by atoms with Gasteiger partial charge in [0.2, 0.25) is 0 Å². The molecule has 0 saturated heterocycles. The molecule has 0 radical (unpaired) electrons. The highest BCUT2D eigenvalue weighted by molar-refractivity contribution is 5.94. The Bertz CT molecular complexity index is 984. The van der Waals surface area contributed by atoms with Crippen molar-refractivity contribution in [3.63, 3.8) is 0 Å². The normalized spacial score (nSPS) is 10.4. The molecule has 0 aliphatic carbocycles. The molecule has 5 heteroatoms. The summed E-state index contributed by atoms with van der Waals surface area (Å²) in [7, 11) is 0. The third-order valence-electron chi connectivity index (χ3n) is 5.09. The van der Waals surface area contributed by atoms with Gasteiger partial charge in [0.15, 0.2) is 6.61 Å². The number of unbranched alkanes of at least 4 members (excludes halogenated alkanes) is 1. The molecule has 3 aromatic rings. The van der Waals surface area contributed by atoms with Gasteiger partial charge in [-0.2, -0.15) is 0 Å². The van der Waals surface area contributed by atoms with E-state index in [0.29, 0.717) is 17.9 Å². The molecule has 3 aromatic carbocycles. The number of ether oxygens (including phenoxy) is 1. The summed E-state index contributed by atoms with van der Waals surface area (Å²) in [6.07, 6.45) is 4.16. The Labute approximate surface area is 189 Å². The average Bonchev–Trinajstić information content (AvgIpc) is 2.83. The summed E-state index contributed by atoms with van der Waals surface area (Å²) >= 11 is 0. The van der Waals surface area contributed by atoms with Crippen LogP contribution in [0.5, 0.6) is 5.75 Å². The second kappa shape index (κ2) is 12.3. The number of hydrogen-bond acceptors (Lipinski definition) is 3. The van der Waals surface area contributed by atoms with E-state index in [1.165, 1.54) is 11.1 Å². The molecule has 0 aromatic heterocycles. The van der Waals surface area contributed by atoms with Crippen LogP contribution in [-0.4, -0.2) is 25.0 Å². The Kier molecular flexibility index (Phi) is 8.87. The summed E-state index contributed by atoms with van der Waals surface area (Å²) in [6.45, 7) is 2.64. The molecule has 2 N–H and O–H groups in total. The van der Waals surface area contributed by atoms with Crippen LogP contribution in [0.15, 0.2) is 78.9 Å². The molecule has 0 fully saturated rings. The van der Waals surface area contributed by atoms with Crippen LogP contribution in [0, 0.1) is 0 Å². The van der Waals surface area contributed by atoms with E-state index in [9.17, 15) is 9.59 Å². The van der Waals surface area contributed by atoms with Crippen molar-refractivity contribution in [3.8, 4) is 5.75 Å². The summed E-state index contributed by atoms with van der Waals surface area (Å²) in [4.78, 5) is 24.4. The van der Waals surface area contributed by atoms with Crippen LogP contribution in [0.25, 0.3) is 0 Å². The molecule has 0 saturated carbocycles. The second-order valence-electron chi connectivity index (χ2n) is 7.65. The first kappa shape index (κ1) is 23.1.